The Morgan fingerprint density at radius 3 is 2.35 bits per heavy atom. The van der Waals surface area contributed by atoms with Gasteiger partial charge in [0.25, 0.3) is 0 Å². The lowest BCUT2D eigenvalue weighted by molar-refractivity contribution is -0.164. The predicted octanol–water partition coefficient (Wildman–Crippen LogP) is 0.955. The van der Waals surface area contributed by atoms with Crippen LogP contribution in [-0.2, 0) is 25.7 Å². The molecular formula is C14H17NO5. The predicted molar refractivity (Wildman–Crippen MR) is 70.6 cm³/mol. The molecule has 0 aliphatic heterocycles. The topological polar surface area (TPSA) is 92.7 Å². The molecule has 1 unspecified atom stereocenters. The van der Waals surface area contributed by atoms with Crippen molar-refractivity contribution in [2.45, 2.75) is 26.4 Å². The van der Waals surface area contributed by atoms with Crippen LogP contribution in [0.25, 0.3) is 0 Å². The molecule has 0 aliphatic carbocycles. The lowest BCUT2D eigenvalue weighted by Gasteiger charge is -2.19. The van der Waals surface area contributed by atoms with Crippen molar-refractivity contribution in [3.05, 3.63) is 35.9 Å². The number of hydrogen-bond acceptors (Lipinski definition) is 5. The van der Waals surface area contributed by atoms with Crippen LogP contribution in [-0.4, -0.2) is 29.1 Å². The summed E-state index contributed by atoms with van der Waals surface area (Å²) < 4.78 is 4.41. The third kappa shape index (κ3) is 4.81. The molecule has 1 aromatic carbocycles. The molecule has 1 rings (SSSR count). The van der Waals surface area contributed by atoms with Gasteiger partial charge in [0.05, 0.1) is 5.92 Å². The van der Waals surface area contributed by atoms with Crippen molar-refractivity contribution < 1.29 is 24.2 Å². The van der Waals surface area contributed by atoms with E-state index in [1.165, 1.54) is 6.92 Å². The van der Waals surface area contributed by atoms with Crippen LogP contribution < -0.4 is 5.32 Å². The number of esters is 2. The first-order valence-corrected chi connectivity index (χ1v) is 6.14. The Kier molecular flexibility index (Phi) is 5.86. The number of carbonyl (C=O) groups excluding carboxylic acids is 2. The van der Waals surface area contributed by atoms with E-state index in [-0.39, 0.29) is 0 Å². The fourth-order valence-corrected chi connectivity index (χ4v) is 1.67. The number of ether oxygens (including phenoxy) is 1. The second kappa shape index (κ2) is 7.40. The molecule has 6 nitrogen and oxygen atoms in total. The van der Waals surface area contributed by atoms with E-state index in [0.717, 1.165) is 12.5 Å². The standard InChI is InChI=1S/C14H17NO5/c1-9(14(19)20-10(2)16)12(13(17)18)15-8-11-6-4-3-5-7-11/h3-7,9,12,15H,8H2,1-2H3,(H,17,18)/t9?,12-/m1/s1. The van der Waals surface area contributed by atoms with Crippen LogP contribution in [0.1, 0.15) is 19.4 Å². The number of rotatable bonds is 6. The summed E-state index contributed by atoms with van der Waals surface area (Å²) in [6.07, 6.45) is 0. The van der Waals surface area contributed by atoms with Crippen LogP contribution in [0.3, 0.4) is 0 Å². The van der Waals surface area contributed by atoms with Crippen LogP contribution in [0.5, 0.6) is 0 Å². The largest absolute Gasteiger partial charge is 0.480 e. The average molecular weight is 279 g/mol. The molecule has 108 valence electrons. The molecular weight excluding hydrogens is 262 g/mol. The summed E-state index contributed by atoms with van der Waals surface area (Å²) in [7, 11) is 0. The minimum absolute atomic E-state index is 0.301. The normalized spacial score (nSPS) is 13.3. The second-order valence-corrected chi connectivity index (χ2v) is 4.38. The van der Waals surface area contributed by atoms with Crippen LogP contribution in [0.15, 0.2) is 30.3 Å². The Balaban J connectivity index is 2.67. The zero-order valence-corrected chi connectivity index (χ0v) is 11.3. The van der Waals surface area contributed by atoms with Crippen LogP contribution in [0.2, 0.25) is 0 Å². The van der Waals surface area contributed by atoms with Gasteiger partial charge in [0.15, 0.2) is 0 Å². The lowest BCUT2D eigenvalue weighted by atomic mass is 10.0. The maximum atomic E-state index is 11.6. The fourth-order valence-electron chi connectivity index (χ4n) is 1.67. The fraction of sp³-hybridized carbons (Fsp3) is 0.357. The second-order valence-electron chi connectivity index (χ2n) is 4.38. The van der Waals surface area contributed by atoms with E-state index in [0.29, 0.717) is 6.54 Å². The molecule has 0 radical (unpaired) electrons. The van der Waals surface area contributed by atoms with Crippen molar-refractivity contribution in [3.8, 4) is 0 Å². The Morgan fingerprint density at radius 2 is 1.85 bits per heavy atom. The molecule has 0 heterocycles. The van der Waals surface area contributed by atoms with Gasteiger partial charge >= 0.3 is 17.9 Å². The number of nitrogens with one attached hydrogen (secondary N) is 1. The third-order valence-corrected chi connectivity index (χ3v) is 2.75. The van der Waals surface area contributed by atoms with Crippen molar-refractivity contribution in [2.75, 3.05) is 0 Å². The SMILES string of the molecule is CC(=O)OC(=O)C(C)[C@@H](NCc1ccccc1)C(=O)O. The third-order valence-electron chi connectivity index (χ3n) is 2.75. The van der Waals surface area contributed by atoms with E-state index in [9.17, 15) is 14.4 Å². The number of benzene rings is 1. The number of aliphatic carboxylic acids is 1. The molecule has 0 spiro atoms. The monoisotopic (exact) mass is 279 g/mol. The first-order chi connectivity index (χ1) is 9.41. The smallest absolute Gasteiger partial charge is 0.321 e. The Hall–Kier alpha value is -2.21. The Labute approximate surface area is 116 Å². The summed E-state index contributed by atoms with van der Waals surface area (Å²) in [5.41, 5.74) is 0.894. The number of carbonyl (C=O) groups is 3. The summed E-state index contributed by atoms with van der Waals surface area (Å²) in [6.45, 7) is 2.80. The Morgan fingerprint density at radius 1 is 1.25 bits per heavy atom. The van der Waals surface area contributed by atoms with Crippen molar-refractivity contribution in [1.29, 1.82) is 0 Å². The van der Waals surface area contributed by atoms with E-state index in [1.807, 2.05) is 30.3 Å². The molecule has 0 bridgehead atoms. The van der Waals surface area contributed by atoms with Gasteiger partial charge in [0.1, 0.15) is 6.04 Å². The van der Waals surface area contributed by atoms with Gasteiger partial charge in [0.2, 0.25) is 0 Å². The molecule has 0 aromatic heterocycles. The summed E-state index contributed by atoms with van der Waals surface area (Å²) in [4.78, 5) is 33.5. The van der Waals surface area contributed by atoms with Gasteiger partial charge in [0, 0.05) is 13.5 Å². The van der Waals surface area contributed by atoms with Gasteiger partial charge in [-0.1, -0.05) is 30.3 Å². The maximum absolute atomic E-state index is 11.6. The zero-order chi connectivity index (χ0) is 15.1. The quantitative estimate of drug-likeness (QED) is 0.595. The van der Waals surface area contributed by atoms with E-state index < -0.39 is 29.9 Å². The van der Waals surface area contributed by atoms with Gasteiger partial charge in [-0.2, -0.15) is 0 Å². The van der Waals surface area contributed by atoms with Gasteiger partial charge in [-0.25, -0.2) is 0 Å². The minimum Gasteiger partial charge on any atom is -0.480 e. The molecule has 2 N–H and O–H groups in total. The van der Waals surface area contributed by atoms with E-state index >= 15 is 0 Å². The highest BCUT2D eigenvalue weighted by Gasteiger charge is 2.31. The Bertz CT molecular complexity index is 486. The van der Waals surface area contributed by atoms with Gasteiger partial charge in [-0.3, -0.25) is 19.7 Å². The number of carboxylic acids is 1. The first kappa shape index (κ1) is 15.8. The average Bonchev–Trinajstić information content (AvgIpc) is 2.38. The molecule has 1 aromatic rings. The van der Waals surface area contributed by atoms with Gasteiger partial charge < -0.3 is 9.84 Å². The number of hydrogen-bond donors (Lipinski definition) is 2. The van der Waals surface area contributed by atoms with Gasteiger partial charge in [-0.05, 0) is 12.5 Å². The molecule has 2 atom stereocenters. The summed E-state index contributed by atoms with van der Waals surface area (Å²) in [5.74, 6) is -3.76. The highest BCUT2D eigenvalue weighted by atomic mass is 16.6. The molecule has 0 saturated carbocycles. The highest BCUT2D eigenvalue weighted by molar-refractivity contribution is 5.89. The molecule has 0 amide bonds. The highest BCUT2D eigenvalue weighted by Crippen LogP contribution is 2.08. The number of carboxylic acid groups (broad SMARTS) is 1. The van der Waals surface area contributed by atoms with Crippen molar-refractivity contribution in [3.63, 3.8) is 0 Å². The molecule has 0 saturated heterocycles. The van der Waals surface area contributed by atoms with Crippen molar-refractivity contribution in [2.24, 2.45) is 5.92 Å². The summed E-state index contributed by atoms with van der Waals surface area (Å²) >= 11 is 0. The maximum Gasteiger partial charge on any atom is 0.321 e. The molecule has 0 aliphatic rings. The molecule has 6 heteroatoms. The summed E-state index contributed by atoms with van der Waals surface area (Å²) in [5, 5.41) is 11.9. The minimum atomic E-state index is -1.17. The van der Waals surface area contributed by atoms with Crippen LogP contribution >= 0.6 is 0 Å². The van der Waals surface area contributed by atoms with Gasteiger partial charge in [-0.15, -0.1) is 0 Å². The lowest BCUT2D eigenvalue weighted by Crippen LogP contribution is -2.45. The summed E-state index contributed by atoms with van der Waals surface area (Å²) in [6, 6.07) is 8.07. The van der Waals surface area contributed by atoms with Crippen molar-refractivity contribution in [1.82, 2.24) is 5.32 Å². The van der Waals surface area contributed by atoms with E-state index in [2.05, 4.69) is 10.1 Å². The van der Waals surface area contributed by atoms with Crippen LogP contribution in [0, 0.1) is 5.92 Å². The van der Waals surface area contributed by atoms with E-state index in [4.69, 9.17) is 5.11 Å². The van der Waals surface area contributed by atoms with E-state index in [1.54, 1.807) is 0 Å². The molecule has 0 fully saturated rings. The first-order valence-electron chi connectivity index (χ1n) is 6.14. The molecule has 20 heavy (non-hydrogen) atoms. The zero-order valence-electron chi connectivity index (χ0n) is 11.3. The van der Waals surface area contributed by atoms with Crippen LogP contribution in [0.4, 0.5) is 0 Å². The van der Waals surface area contributed by atoms with Crippen molar-refractivity contribution >= 4 is 17.9 Å².